The number of hydrogen-bond donors (Lipinski definition) is 0. The zero-order valence-corrected chi connectivity index (χ0v) is 16.2. The Morgan fingerprint density at radius 1 is 1.11 bits per heavy atom. The van der Waals surface area contributed by atoms with Gasteiger partial charge in [0, 0.05) is 13.1 Å². The molecule has 2 aromatic rings. The van der Waals surface area contributed by atoms with E-state index in [9.17, 15) is 13.2 Å². The second-order valence-electron chi connectivity index (χ2n) is 6.50. The summed E-state index contributed by atoms with van der Waals surface area (Å²) >= 11 is 0. The van der Waals surface area contributed by atoms with Crippen LogP contribution in [0.25, 0.3) is 0 Å². The monoisotopic (exact) mass is 389 g/mol. The smallest absolute Gasteiger partial charge is 0.338 e. The number of aryl methyl sites for hydroxylation is 1. The molecule has 7 heteroatoms. The van der Waals surface area contributed by atoms with Gasteiger partial charge in [0.25, 0.3) is 0 Å². The molecule has 27 heavy (non-hydrogen) atoms. The molecule has 0 unspecified atom stereocenters. The predicted molar refractivity (Wildman–Crippen MR) is 101 cm³/mol. The molecule has 0 bridgehead atoms. The standard InChI is InChI=1S/C20H23NO5S/c1-15-6-8-17(9-7-15)16(2)26-20(22)18-4-3-5-19(14-18)27(23,24)21-10-12-25-13-11-21/h3-9,14,16H,10-13H2,1-2H3/t16-/m1/s1. The van der Waals surface area contributed by atoms with Crippen molar-refractivity contribution in [2.45, 2.75) is 24.8 Å². The van der Waals surface area contributed by atoms with Gasteiger partial charge in [0.15, 0.2) is 0 Å². The summed E-state index contributed by atoms with van der Waals surface area (Å²) in [6.45, 7) is 5.13. The van der Waals surface area contributed by atoms with E-state index in [1.807, 2.05) is 31.2 Å². The number of rotatable bonds is 5. The number of benzene rings is 2. The minimum absolute atomic E-state index is 0.0850. The van der Waals surface area contributed by atoms with Crippen LogP contribution in [0.2, 0.25) is 0 Å². The van der Waals surface area contributed by atoms with Gasteiger partial charge in [-0.2, -0.15) is 4.31 Å². The predicted octanol–water partition coefficient (Wildman–Crippen LogP) is 2.93. The molecule has 1 aliphatic heterocycles. The van der Waals surface area contributed by atoms with Gasteiger partial charge in [0.2, 0.25) is 10.0 Å². The zero-order chi connectivity index (χ0) is 19.4. The second kappa shape index (κ2) is 8.21. The van der Waals surface area contributed by atoms with Crippen molar-refractivity contribution >= 4 is 16.0 Å². The van der Waals surface area contributed by atoms with Crippen LogP contribution in [0.15, 0.2) is 53.4 Å². The van der Waals surface area contributed by atoms with Crippen molar-refractivity contribution < 1.29 is 22.7 Å². The van der Waals surface area contributed by atoms with Crippen LogP contribution in [-0.4, -0.2) is 45.0 Å². The van der Waals surface area contributed by atoms with Gasteiger partial charge < -0.3 is 9.47 Å². The first-order chi connectivity index (χ1) is 12.9. The van der Waals surface area contributed by atoms with E-state index < -0.39 is 22.1 Å². The first-order valence-electron chi connectivity index (χ1n) is 8.83. The maximum absolute atomic E-state index is 12.8. The minimum Gasteiger partial charge on any atom is -0.454 e. The molecule has 1 heterocycles. The van der Waals surface area contributed by atoms with E-state index in [-0.39, 0.29) is 10.5 Å². The van der Waals surface area contributed by atoms with E-state index in [2.05, 4.69) is 0 Å². The minimum atomic E-state index is -3.66. The van der Waals surface area contributed by atoms with Gasteiger partial charge >= 0.3 is 5.97 Å². The maximum Gasteiger partial charge on any atom is 0.338 e. The molecule has 2 aromatic carbocycles. The quantitative estimate of drug-likeness (QED) is 0.735. The van der Waals surface area contributed by atoms with Crippen LogP contribution in [-0.2, 0) is 19.5 Å². The molecule has 3 rings (SSSR count). The highest BCUT2D eigenvalue weighted by Crippen LogP contribution is 2.22. The average molecular weight is 389 g/mol. The molecule has 0 N–H and O–H groups in total. The number of ether oxygens (including phenoxy) is 2. The number of esters is 1. The Kier molecular flexibility index (Phi) is 5.94. The molecular weight excluding hydrogens is 366 g/mol. The summed E-state index contributed by atoms with van der Waals surface area (Å²) < 4.78 is 37.6. The van der Waals surface area contributed by atoms with Crippen LogP contribution in [0.4, 0.5) is 0 Å². The third-order valence-corrected chi connectivity index (χ3v) is 6.40. The topological polar surface area (TPSA) is 72.9 Å². The SMILES string of the molecule is Cc1ccc([C@@H](C)OC(=O)c2cccc(S(=O)(=O)N3CCOCC3)c2)cc1. The Bertz CT molecular complexity index is 902. The van der Waals surface area contributed by atoms with E-state index in [1.54, 1.807) is 19.1 Å². The molecule has 1 aliphatic rings. The summed E-state index contributed by atoms with van der Waals surface area (Å²) in [7, 11) is -3.66. The average Bonchev–Trinajstić information content (AvgIpc) is 2.69. The number of hydrogen-bond acceptors (Lipinski definition) is 5. The van der Waals surface area contributed by atoms with Gasteiger partial charge in [-0.3, -0.25) is 0 Å². The molecule has 0 saturated carbocycles. The summed E-state index contributed by atoms with van der Waals surface area (Å²) in [6.07, 6.45) is -0.433. The molecule has 1 fully saturated rings. The normalized spacial score (nSPS) is 16.7. The zero-order valence-electron chi connectivity index (χ0n) is 15.4. The van der Waals surface area contributed by atoms with Gasteiger partial charge in [-0.15, -0.1) is 0 Å². The molecule has 6 nitrogen and oxygen atoms in total. The fourth-order valence-corrected chi connectivity index (χ4v) is 4.31. The third kappa shape index (κ3) is 4.55. The van der Waals surface area contributed by atoms with Crippen LogP contribution in [0, 0.1) is 6.92 Å². The summed E-state index contributed by atoms with van der Waals surface area (Å²) in [5.41, 5.74) is 2.22. The molecule has 0 radical (unpaired) electrons. The molecule has 1 saturated heterocycles. The number of sulfonamides is 1. The van der Waals surface area contributed by atoms with Crippen LogP contribution in [0.3, 0.4) is 0 Å². The first-order valence-corrected chi connectivity index (χ1v) is 10.3. The maximum atomic E-state index is 12.8. The van der Waals surface area contributed by atoms with E-state index in [4.69, 9.17) is 9.47 Å². The number of carbonyl (C=O) groups is 1. The molecular formula is C20H23NO5S. The fourth-order valence-electron chi connectivity index (χ4n) is 2.85. The van der Waals surface area contributed by atoms with Gasteiger partial charge in [0.1, 0.15) is 6.10 Å². The Morgan fingerprint density at radius 3 is 2.44 bits per heavy atom. The van der Waals surface area contributed by atoms with Crippen molar-refractivity contribution in [3.05, 3.63) is 65.2 Å². The highest BCUT2D eigenvalue weighted by Gasteiger charge is 2.27. The highest BCUT2D eigenvalue weighted by atomic mass is 32.2. The molecule has 1 atom stereocenters. The lowest BCUT2D eigenvalue weighted by Crippen LogP contribution is -2.40. The van der Waals surface area contributed by atoms with Crippen molar-refractivity contribution in [3.8, 4) is 0 Å². The molecule has 0 aromatic heterocycles. The second-order valence-corrected chi connectivity index (χ2v) is 8.44. The largest absolute Gasteiger partial charge is 0.454 e. The lowest BCUT2D eigenvalue weighted by molar-refractivity contribution is 0.0337. The van der Waals surface area contributed by atoms with Crippen molar-refractivity contribution in [1.29, 1.82) is 0 Å². The van der Waals surface area contributed by atoms with E-state index in [1.165, 1.54) is 16.4 Å². The summed E-state index contributed by atoms with van der Waals surface area (Å²) in [6, 6.07) is 13.7. The molecule has 0 aliphatic carbocycles. The Morgan fingerprint density at radius 2 is 1.78 bits per heavy atom. The highest BCUT2D eigenvalue weighted by molar-refractivity contribution is 7.89. The van der Waals surface area contributed by atoms with Gasteiger partial charge in [-0.25, -0.2) is 13.2 Å². The van der Waals surface area contributed by atoms with Crippen LogP contribution in [0.1, 0.15) is 34.5 Å². The summed E-state index contributed by atoms with van der Waals surface area (Å²) in [5.74, 6) is -0.554. The van der Waals surface area contributed by atoms with Crippen molar-refractivity contribution in [2.24, 2.45) is 0 Å². The number of carbonyl (C=O) groups excluding carboxylic acids is 1. The Hall–Kier alpha value is -2.22. The Balaban J connectivity index is 1.76. The van der Waals surface area contributed by atoms with Crippen molar-refractivity contribution in [3.63, 3.8) is 0 Å². The first kappa shape index (κ1) is 19.5. The Labute approximate surface area is 159 Å². The van der Waals surface area contributed by atoms with Crippen LogP contribution in [0.5, 0.6) is 0 Å². The van der Waals surface area contributed by atoms with Gasteiger partial charge in [-0.1, -0.05) is 35.9 Å². The van der Waals surface area contributed by atoms with Crippen LogP contribution >= 0.6 is 0 Å². The van der Waals surface area contributed by atoms with E-state index >= 15 is 0 Å². The third-order valence-electron chi connectivity index (χ3n) is 4.51. The van der Waals surface area contributed by atoms with Crippen LogP contribution < -0.4 is 0 Å². The molecule has 0 spiro atoms. The van der Waals surface area contributed by atoms with Crippen molar-refractivity contribution in [1.82, 2.24) is 4.31 Å². The van der Waals surface area contributed by atoms with E-state index in [0.29, 0.717) is 26.3 Å². The molecule has 144 valence electrons. The molecule has 0 amide bonds. The van der Waals surface area contributed by atoms with Gasteiger partial charge in [-0.05, 0) is 37.6 Å². The summed E-state index contributed by atoms with van der Waals surface area (Å²) in [4.78, 5) is 12.6. The van der Waals surface area contributed by atoms with Gasteiger partial charge in [0.05, 0.1) is 23.7 Å². The van der Waals surface area contributed by atoms with Crippen molar-refractivity contribution in [2.75, 3.05) is 26.3 Å². The fraction of sp³-hybridized carbons (Fsp3) is 0.350. The summed E-state index contributed by atoms with van der Waals surface area (Å²) in [5, 5.41) is 0. The lowest BCUT2D eigenvalue weighted by Gasteiger charge is -2.26. The van der Waals surface area contributed by atoms with E-state index in [0.717, 1.165) is 11.1 Å². The number of morpholine rings is 1. The lowest BCUT2D eigenvalue weighted by atomic mass is 10.1. The number of nitrogens with zero attached hydrogens (tertiary/aromatic N) is 1.